The maximum absolute atomic E-state index is 12.5. The summed E-state index contributed by atoms with van der Waals surface area (Å²) in [7, 11) is 0. The van der Waals surface area contributed by atoms with Crippen LogP contribution in [0.15, 0.2) is 60.2 Å². The number of hydrogen-bond acceptors (Lipinski definition) is 3. The number of unbranched alkanes of at least 4 members (excludes halogenated alkanes) is 1. The number of carbonyl (C=O) groups excluding carboxylic acids is 1. The number of allylic oxidation sites excluding steroid dienone is 5. The smallest absolute Gasteiger partial charge is 0.313 e. The molecule has 0 aliphatic heterocycles. The number of hydrogen-bond donors (Lipinski definition) is 0. The zero-order valence-electron chi connectivity index (χ0n) is 17.4. The number of terminal acetylenes is 1. The summed E-state index contributed by atoms with van der Waals surface area (Å²) in [6, 6.07) is 7.66. The van der Waals surface area contributed by atoms with Crippen LogP contribution < -0.4 is 4.74 Å². The third-order valence-corrected chi connectivity index (χ3v) is 4.31. The van der Waals surface area contributed by atoms with Crippen LogP contribution in [0.5, 0.6) is 5.75 Å². The van der Waals surface area contributed by atoms with E-state index in [4.69, 9.17) is 15.9 Å². The van der Waals surface area contributed by atoms with Crippen LogP contribution in [0.2, 0.25) is 0 Å². The molecule has 0 N–H and O–H groups in total. The highest BCUT2D eigenvalue weighted by Gasteiger charge is 2.22. The number of benzene rings is 1. The molecule has 28 heavy (non-hydrogen) atoms. The van der Waals surface area contributed by atoms with Gasteiger partial charge >= 0.3 is 5.97 Å². The third kappa shape index (κ3) is 8.31. The van der Waals surface area contributed by atoms with E-state index in [1.165, 1.54) is 0 Å². The molecule has 1 rings (SSSR count). The van der Waals surface area contributed by atoms with Crippen LogP contribution in [0.1, 0.15) is 57.9 Å². The Morgan fingerprint density at radius 3 is 2.57 bits per heavy atom. The van der Waals surface area contributed by atoms with E-state index in [2.05, 4.69) is 19.4 Å². The SMILES string of the molecule is C#C/C(=C/C)C/C=C\C(=C)CC(C(=O)OCC)c1ccc(OCCCC)cc1. The number of carbonyl (C=O) groups is 1. The van der Waals surface area contributed by atoms with Crippen molar-refractivity contribution in [3.63, 3.8) is 0 Å². The summed E-state index contributed by atoms with van der Waals surface area (Å²) in [4.78, 5) is 12.5. The van der Waals surface area contributed by atoms with Gasteiger partial charge in [0.1, 0.15) is 5.75 Å². The molecule has 3 nitrogen and oxygen atoms in total. The largest absolute Gasteiger partial charge is 0.494 e. The molecule has 0 saturated heterocycles. The zero-order valence-corrected chi connectivity index (χ0v) is 17.4. The van der Waals surface area contributed by atoms with Crippen molar-refractivity contribution in [1.29, 1.82) is 0 Å². The summed E-state index contributed by atoms with van der Waals surface area (Å²) in [5.41, 5.74) is 2.67. The molecule has 150 valence electrons. The number of ether oxygens (including phenoxy) is 2. The standard InChI is InChI=1S/C25H32O3/c1-6-10-18-28-23-16-14-22(15-17-23)24(25(26)27-9-4)19-20(5)12-11-13-21(7-2)8-3/h2,8,11-12,14-17,24H,5-6,9-10,13,18-19H2,1,3-4H3/b12-11-,21-8-. The molecular weight excluding hydrogens is 348 g/mol. The number of esters is 1. The highest BCUT2D eigenvalue weighted by molar-refractivity contribution is 5.78. The van der Waals surface area contributed by atoms with Crippen molar-refractivity contribution in [3.05, 3.63) is 65.8 Å². The average molecular weight is 381 g/mol. The normalized spacial score (nSPS) is 12.4. The molecular formula is C25H32O3. The molecule has 1 aromatic carbocycles. The molecule has 0 fully saturated rings. The lowest BCUT2D eigenvalue weighted by Crippen LogP contribution is -2.16. The molecule has 0 bridgehead atoms. The Labute approximate surface area is 170 Å². The molecule has 1 unspecified atom stereocenters. The van der Waals surface area contributed by atoms with Crippen molar-refractivity contribution in [3.8, 4) is 18.1 Å². The Morgan fingerprint density at radius 2 is 2.00 bits per heavy atom. The van der Waals surface area contributed by atoms with Crippen molar-refractivity contribution in [2.24, 2.45) is 0 Å². The van der Waals surface area contributed by atoms with Crippen molar-refractivity contribution in [2.75, 3.05) is 13.2 Å². The quantitative estimate of drug-likeness (QED) is 0.193. The Balaban J connectivity index is 2.83. The van der Waals surface area contributed by atoms with E-state index in [1.807, 2.05) is 56.3 Å². The second-order valence-corrected chi connectivity index (χ2v) is 6.50. The summed E-state index contributed by atoms with van der Waals surface area (Å²) in [6.45, 7) is 11.0. The van der Waals surface area contributed by atoms with Gasteiger partial charge in [0.2, 0.25) is 0 Å². The van der Waals surface area contributed by atoms with E-state index in [9.17, 15) is 4.79 Å². The fourth-order valence-corrected chi connectivity index (χ4v) is 2.65. The van der Waals surface area contributed by atoms with Gasteiger partial charge in [-0.3, -0.25) is 4.79 Å². The lowest BCUT2D eigenvalue weighted by Gasteiger charge is -2.17. The van der Waals surface area contributed by atoms with Gasteiger partial charge in [-0.15, -0.1) is 6.42 Å². The minimum Gasteiger partial charge on any atom is -0.494 e. The average Bonchev–Trinajstić information content (AvgIpc) is 2.70. The van der Waals surface area contributed by atoms with Crippen LogP contribution in [0.4, 0.5) is 0 Å². The van der Waals surface area contributed by atoms with Gasteiger partial charge in [0, 0.05) is 5.57 Å². The maximum atomic E-state index is 12.5. The highest BCUT2D eigenvalue weighted by Crippen LogP contribution is 2.27. The fourth-order valence-electron chi connectivity index (χ4n) is 2.65. The van der Waals surface area contributed by atoms with Crippen LogP contribution in [0.25, 0.3) is 0 Å². The molecule has 0 saturated carbocycles. The first kappa shape index (κ1) is 23.3. The lowest BCUT2D eigenvalue weighted by atomic mass is 9.92. The van der Waals surface area contributed by atoms with Crippen LogP contribution >= 0.6 is 0 Å². The first-order chi connectivity index (χ1) is 13.5. The zero-order chi connectivity index (χ0) is 20.8. The Hall–Kier alpha value is -2.73. The van der Waals surface area contributed by atoms with Crippen molar-refractivity contribution < 1.29 is 14.3 Å². The van der Waals surface area contributed by atoms with Crippen LogP contribution in [-0.4, -0.2) is 19.2 Å². The molecule has 1 atom stereocenters. The molecule has 3 heteroatoms. The molecule has 0 amide bonds. The molecule has 0 heterocycles. The predicted molar refractivity (Wildman–Crippen MR) is 116 cm³/mol. The van der Waals surface area contributed by atoms with Crippen molar-refractivity contribution >= 4 is 5.97 Å². The third-order valence-electron chi connectivity index (χ3n) is 4.31. The van der Waals surface area contributed by atoms with Crippen molar-refractivity contribution in [2.45, 2.75) is 52.4 Å². The van der Waals surface area contributed by atoms with Crippen molar-refractivity contribution in [1.82, 2.24) is 0 Å². The monoisotopic (exact) mass is 380 g/mol. The summed E-state index contributed by atoms with van der Waals surface area (Å²) in [6.07, 6.45) is 14.5. The highest BCUT2D eigenvalue weighted by atomic mass is 16.5. The van der Waals surface area contributed by atoms with Crippen LogP contribution in [0, 0.1) is 12.3 Å². The summed E-state index contributed by atoms with van der Waals surface area (Å²) in [5, 5.41) is 0. The van der Waals surface area contributed by atoms with E-state index in [0.717, 1.165) is 35.3 Å². The molecule has 0 aliphatic rings. The van der Waals surface area contributed by atoms with Gasteiger partial charge in [0.15, 0.2) is 0 Å². The second-order valence-electron chi connectivity index (χ2n) is 6.50. The van der Waals surface area contributed by atoms with Gasteiger partial charge in [-0.05, 0) is 50.8 Å². The minimum absolute atomic E-state index is 0.241. The summed E-state index contributed by atoms with van der Waals surface area (Å²) < 4.78 is 11.0. The first-order valence-electron chi connectivity index (χ1n) is 9.91. The van der Waals surface area contributed by atoms with Gasteiger partial charge in [0.25, 0.3) is 0 Å². The maximum Gasteiger partial charge on any atom is 0.313 e. The Morgan fingerprint density at radius 1 is 1.29 bits per heavy atom. The van der Waals surface area contributed by atoms with Gasteiger partial charge < -0.3 is 9.47 Å². The molecule has 1 aromatic rings. The fraction of sp³-hybridized carbons (Fsp3) is 0.400. The van der Waals surface area contributed by atoms with E-state index < -0.39 is 5.92 Å². The minimum atomic E-state index is -0.393. The predicted octanol–water partition coefficient (Wildman–Crippen LogP) is 5.98. The first-order valence-corrected chi connectivity index (χ1v) is 9.91. The van der Waals surface area contributed by atoms with Gasteiger partial charge in [-0.2, -0.15) is 0 Å². The van der Waals surface area contributed by atoms with Crippen LogP contribution in [0.3, 0.4) is 0 Å². The van der Waals surface area contributed by atoms with Gasteiger partial charge in [0.05, 0.1) is 19.1 Å². The Bertz CT molecular complexity index is 717. The van der Waals surface area contributed by atoms with E-state index >= 15 is 0 Å². The van der Waals surface area contributed by atoms with Gasteiger partial charge in [-0.25, -0.2) is 0 Å². The molecule has 0 aliphatic carbocycles. The molecule has 0 radical (unpaired) electrons. The topological polar surface area (TPSA) is 35.5 Å². The van der Waals surface area contributed by atoms with E-state index in [-0.39, 0.29) is 5.97 Å². The molecule has 0 aromatic heterocycles. The van der Waals surface area contributed by atoms with E-state index in [1.54, 1.807) is 0 Å². The van der Waals surface area contributed by atoms with Gasteiger partial charge in [-0.1, -0.05) is 61.8 Å². The number of rotatable bonds is 12. The second kappa shape index (κ2) is 13.4. The Kier molecular flexibility index (Phi) is 11.2. The van der Waals surface area contributed by atoms with E-state index in [0.29, 0.717) is 26.1 Å². The molecule has 0 spiro atoms. The summed E-state index contributed by atoms with van der Waals surface area (Å²) in [5.74, 6) is 2.82. The van der Waals surface area contributed by atoms with Crippen LogP contribution in [-0.2, 0) is 9.53 Å². The summed E-state index contributed by atoms with van der Waals surface area (Å²) >= 11 is 0. The lowest BCUT2D eigenvalue weighted by molar-refractivity contribution is -0.144.